The molecule has 0 bridgehead atoms. The van der Waals surface area contributed by atoms with E-state index in [0.29, 0.717) is 43.3 Å². The monoisotopic (exact) mass is 428 g/mol. The third-order valence-electron chi connectivity index (χ3n) is 6.68. The Labute approximate surface area is 183 Å². The highest BCUT2D eigenvalue weighted by Crippen LogP contribution is 2.34. The molecule has 3 aliphatic rings. The summed E-state index contributed by atoms with van der Waals surface area (Å²) in [7, 11) is 0. The Morgan fingerprint density at radius 3 is 2.94 bits per heavy atom. The second-order valence-corrected chi connectivity index (χ2v) is 8.84. The molecule has 8 nitrogen and oxygen atoms in total. The summed E-state index contributed by atoms with van der Waals surface area (Å²) in [5.74, 6) is 0.142. The Morgan fingerprint density at radius 2 is 2.13 bits per heavy atom. The van der Waals surface area contributed by atoms with Crippen LogP contribution in [-0.2, 0) is 9.59 Å². The van der Waals surface area contributed by atoms with Crippen LogP contribution in [0, 0.1) is 6.92 Å². The minimum atomic E-state index is -0.911. The third kappa shape index (κ3) is 4.69. The Hall–Kier alpha value is -2.61. The largest absolute Gasteiger partial charge is 0.467 e. The van der Waals surface area contributed by atoms with Crippen LogP contribution in [0.5, 0.6) is 5.75 Å². The smallest absolute Gasteiger partial charge is 0.258 e. The number of hydrogen-bond donors (Lipinski definition) is 2. The molecule has 0 saturated carbocycles. The van der Waals surface area contributed by atoms with Crippen molar-refractivity contribution in [2.45, 2.75) is 57.7 Å². The summed E-state index contributed by atoms with van der Waals surface area (Å²) in [5.41, 5.74) is 0.595. The zero-order valence-corrected chi connectivity index (χ0v) is 18.4. The van der Waals surface area contributed by atoms with E-state index < -0.39 is 5.72 Å². The number of amides is 3. The Balaban J connectivity index is 1.35. The minimum absolute atomic E-state index is 0.0392. The second kappa shape index (κ2) is 8.86. The van der Waals surface area contributed by atoms with Crippen molar-refractivity contribution in [3.05, 3.63) is 29.3 Å². The van der Waals surface area contributed by atoms with Gasteiger partial charge in [-0.2, -0.15) is 0 Å². The molecular formula is C23H32N4O4. The molecule has 1 aromatic carbocycles. The van der Waals surface area contributed by atoms with E-state index in [4.69, 9.17) is 4.74 Å². The van der Waals surface area contributed by atoms with Gasteiger partial charge in [0.05, 0.1) is 12.1 Å². The number of aryl methyl sites for hydroxylation is 1. The van der Waals surface area contributed by atoms with E-state index in [1.165, 1.54) is 0 Å². The van der Waals surface area contributed by atoms with Gasteiger partial charge in [-0.05, 0) is 45.0 Å². The lowest BCUT2D eigenvalue weighted by Gasteiger charge is -2.38. The number of nitrogens with zero attached hydrogens (tertiary/aromatic N) is 2. The van der Waals surface area contributed by atoms with Crippen LogP contribution in [0.1, 0.15) is 54.9 Å². The van der Waals surface area contributed by atoms with Crippen LogP contribution >= 0.6 is 0 Å². The normalized spacial score (nSPS) is 26.3. The van der Waals surface area contributed by atoms with Gasteiger partial charge in [-0.3, -0.25) is 19.3 Å². The first-order valence-corrected chi connectivity index (χ1v) is 11.3. The van der Waals surface area contributed by atoms with Crippen LogP contribution < -0.4 is 15.4 Å². The SMILES string of the molecule is CCN1CCC[C@H]1CNC(=O)CN1CC[C@]2(CCC1=O)NC(=O)c1cc(C)ccc1O2. The number of carbonyl (C=O) groups is 3. The van der Waals surface area contributed by atoms with Gasteiger partial charge in [0.1, 0.15) is 5.75 Å². The number of likely N-dealkylation sites (tertiary alicyclic amines) is 2. The second-order valence-electron chi connectivity index (χ2n) is 8.84. The summed E-state index contributed by atoms with van der Waals surface area (Å²) in [5, 5.41) is 5.98. The number of benzene rings is 1. The van der Waals surface area contributed by atoms with E-state index in [1.807, 2.05) is 19.1 Å². The summed E-state index contributed by atoms with van der Waals surface area (Å²) in [6.45, 7) is 7.15. The van der Waals surface area contributed by atoms with Crippen molar-refractivity contribution in [1.29, 1.82) is 0 Å². The molecule has 4 rings (SSSR count). The highest BCUT2D eigenvalue weighted by molar-refractivity contribution is 5.98. The molecule has 8 heteroatoms. The molecule has 2 atom stereocenters. The predicted octanol–water partition coefficient (Wildman–Crippen LogP) is 1.43. The zero-order valence-electron chi connectivity index (χ0n) is 18.4. The van der Waals surface area contributed by atoms with Gasteiger partial charge in [0, 0.05) is 38.4 Å². The van der Waals surface area contributed by atoms with E-state index >= 15 is 0 Å². The van der Waals surface area contributed by atoms with Crippen LogP contribution in [0.25, 0.3) is 0 Å². The number of likely N-dealkylation sites (N-methyl/N-ethyl adjacent to an activating group) is 1. The van der Waals surface area contributed by atoms with Gasteiger partial charge in [0.2, 0.25) is 11.8 Å². The van der Waals surface area contributed by atoms with Crippen molar-refractivity contribution >= 4 is 17.7 Å². The van der Waals surface area contributed by atoms with Gasteiger partial charge < -0.3 is 20.3 Å². The molecule has 3 amide bonds. The molecule has 1 aromatic rings. The Bertz CT molecular complexity index is 873. The number of nitrogens with one attached hydrogen (secondary N) is 2. The molecule has 3 heterocycles. The number of rotatable bonds is 5. The molecule has 3 aliphatic heterocycles. The first kappa shape index (κ1) is 21.6. The summed E-state index contributed by atoms with van der Waals surface area (Å²) < 4.78 is 6.19. The van der Waals surface area contributed by atoms with Crippen molar-refractivity contribution in [2.24, 2.45) is 0 Å². The lowest BCUT2D eigenvalue weighted by molar-refractivity contribution is -0.135. The standard InChI is InChI=1S/C23H32N4O4/c1-3-26-11-4-5-17(26)14-24-20(28)15-27-12-10-23(9-8-21(27)29)25-22(30)18-13-16(2)6-7-19(18)31-23/h6-7,13,17H,3-5,8-12,14-15H2,1-2H3,(H,24,28)(H,25,30)/t17-,23+/m0/s1. The van der Waals surface area contributed by atoms with Crippen LogP contribution in [0.2, 0.25) is 0 Å². The van der Waals surface area contributed by atoms with Gasteiger partial charge in [-0.25, -0.2) is 0 Å². The molecule has 31 heavy (non-hydrogen) atoms. The van der Waals surface area contributed by atoms with E-state index in [1.54, 1.807) is 11.0 Å². The molecule has 0 aliphatic carbocycles. The maximum Gasteiger partial charge on any atom is 0.258 e. The number of fused-ring (bicyclic) bond motifs is 1. The maximum atomic E-state index is 12.7. The van der Waals surface area contributed by atoms with Gasteiger partial charge in [-0.1, -0.05) is 18.6 Å². The lowest BCUT2D eigenvalue weighted by atomic mass is 9.99. The van der Waals surface area contributed by atoms with Crippen LogP contribution in [-0.4, -0.2) is 72.0 Å². The first-order valence-electron chi connectivity index (χ1n) is 11.3. The van der Waals surface area contributed by atoms with Crippen LogP contribution in [0.3, 0.4) is 0 Å². The summed E-state index contributed by atoms with van der Waals surface area (Å²) >= 11 is 0. The molecule has 1 spiro atoms. The average Bonchev–Trinajstić information content (AvgIpc) is 3.16. The lowest BCUT2D eigenvalue weighted by Crippen LogP contribution is -2.56. The van der Waals surface area contributed by atoms with Gasteiger partial charge in [0.25, 0.3) is 5.91 Å². The average molecular weight is 429 g/mol. The van der Waals surface area contributed by atoms with Crippen LogP contribution in [0.15, 0.2) is 18.2 Å². The predicted molar refractivity (Wildman–Crippen MR) is 116 cm³/mol. The number of ether oxygens (including phenoxy) is 1. The molecule has 2 fully saturated rings. The Morgan fingerprint density at radius 1 is 1.29 bits per heavy atom. The molecule has 0 radical (unpaired) electrons. The van der Waals surface area contributed by atoms with E-state index in [9.17, 15) is 14.4 Å². The number of hydrogen-bond acceptors (Lipinski definition) is 5. The summed E-state index contributed by atoms with van der Waals surface area (Å²) in [6.07, 6.45) is 3.31. The van der Waals surface area contributed by atoms with E-state index in [0.717, 1.165) is 31.5 Å². The number of carbonyl (C=O) groups excluding carboxylic acids is 3. The van der Waals surface area contributed by atoms with Crippen molar-refractivity contribution in [3.63, 3.8) is 0 Å². The fourth-order valence-corrected chi connectivity index (χ4v) is 4.85. The third-order valence-corrected chi connectivity index (χ3v) is 6.68. The molecule has 0 unspecified atom stereocenters. The fourth-order valence-electron chi connectivity index (χ4n) is 4.85. The molecular weight excluding hydrogens is 396 g/mol. The van der Waals surface area contributed by atoms with Crippen molar-refractivity contribution in [3.8, 4) is 5.75 Å². The van der Waals surface area contributed by atoms with Gasteiger partial charge in [-0.15, -0.1) is 0 Å². The van der Waals surface area contributed by atoms with Crippen LogP contribution in [0.4, 0.5) is 0 Å². The fraction of sp³-hybridized carbons (Fsp3) is 0.609. The maximum absolute atomic E-state index is 12.7. The van der Waals surface area contributed by atoms with E-state index in [2.05, 4.69) is 22.5 Å². The quantitative estimate of drug-likeness (QED) is 0.740. The highest BCUT2D eigenvalue weighted by atomic mass is 16.5. The van der Waals surface area contributed by atoms with Gasteiger partial charge >= 0.3 is 0 Å². The minimum Gasteiger partial charge on any atom is -0.467 e. The highest BCUT2D eigenvalue weighted by Gasteiger charge is 2.42. The zero-order chi connectivity index (χ0) is 22.0. The van der Waals surface area contributed by atoms with Crippen molar-refractivity contribution in [2.75, 3.05) is 32.7 Å². The van der Waals surface area contributed by atoms with E-state index in [-0.39, 0.29) is 30.7 Å². The summed E-state index contributed by atoms with van der Waals surface area (Å²) in [6, 6.07) is 5.91. The Kier molecular flexibility index (Phi) is 6.18. The molecule has 2 saturated heterocycles. The molecule has 168 valence electrons. The first-order chi connectivity index (χ1) is 14.9. The van der Waals surface area contributed by atoms with Crippen molar-refractivity contribution in [1.82, 2.24) is 20.4 Å². The summed E-state index contributed by atoms with van der Waals surface area (Å²) in [4.78, 5) is 41.8. The van der Waals surface area contributed by atoms with Crippen molar-refractivity contribution < 1.29 is 19.1 Å². The van der Waals surface area contributed by atoms with Gasteiger partial charge in [0.15, 0.2) is 5.72 Å². The topological polar surface area (TPSA) is 91.0 Å². The molecule has 0 aromatic heterocycles. The molecule has 2 N–H and O–H groups in total.